The molecule has 0 bridgehead atoms. The number of benzene rings is 1. The van der Waals surface area contributed by atoms with Gasteiger partial charge in [0, 0.05) is 43.3 Å². The number of likely N-dealkylation sites (tertiary alicyclic amines) is 1. The number of para-hydroxylation sites is 1. The predicted octanol–water partition coefficient (Wildman–Crippen LogP) is 5.27. The Morgan fingerprint density at radius 2 is 1.61 bits per heavy atom. The van der Waals surface area contributed by atoms with E-state index in [-0.39, 0.29) is 17.7 Å². The standard InChI is InChI=1S/C30H46N4O2/c1-20(2)23-10-12-25(13-11-23)33-16-14-26(15-17-33)34-27(18-24-8-6-7-9-28(24)34)19-31-30(36)29(21(3)4)32-22(5)35/h6-9,18,20-21,23,25-26,29H,10-17,19H2,1-5H3,(H,31,36)(H,32,35)/t23-,25+,29?. The summed E-state index contributed by atoms with van der Waals surface area (Å²) in [7, 11) is 0. The van der Waals surface area contributed by atoms with Gasteiger partial charge in [-0.2, -0.15) is 0 Å². The minimum Gasteiger partial charge on any atom is -0.349 e. The van der Waals surface area contributed by atoms with Crippen LogP contribution in [0.2, 0.25) is 0 Å². The SMILES string of the molecule is CC(=O)NC(C(=O)NCc1cc2ccccc2n1C1CCN([C@H]2CC[C@@H](C(C)C)CC2)CC1)C(C)C. The van der Waals surface area contributed by atoms with Gasteiger partial charge in [-0.25, -0.2) is 0 Å². The molecule has 1 saturated heterocycles. The quantitative estimate of drug-likeness (QED) is 0.525. The minimum atomic E-state index is -0.519. The number of carbonyl (C=O) groups is 2. The van der Waals surface area contributed by atoms with Crippen LogP contribution in [0.1, 0.15) is 84.9 Å². The molecule has 6 nitrogen and oxygen atoms in total. The molecule has 2 heterocycles. The third-order valence-electron chi connectivity index (χ3n) is 8.64. The molecule has 2 aliphatic rings. The molecule has 1 unspecified atom stereocenters. The molecule has 1 aromatic carbocycles. The second-order valence-electron chi connectivity index (χ2n) is 11.8. The van der Waals surface area contributed by atoms with E-state index in [4.69, 9.17) is 0 Å². The van der Waals surface area contributed by atoms with Crippen LogP contribution in [0.15, 0.2) is 30.3 Å². The van der Waals surface area contributed by atoms with Crippen molar-refractivity contribution in [1.29, 1.82) is 0 Å². The Morgan fingerprint density at radius 3 is 2.22 bits per heavy atom. The van der Waals surface area contributed by atoms with Crippen LogP contribution < -0.4 is 10.6 Å². The van der Waals surface area contributed by atoms with E-state index in [0.717, 1.165) is 49.5 Å². The summed E-state index contributed by atoms with van der Waals surface area (Å²) in [6, 6.07) is 11.4. The number of nitrogens with zero attached hydrogens (tertiary/aromatic N) is 2. The van der Waals surface area contributed by atoms with Gasteiger partial charge in [0.15, 0.2) is 0 Å². The Morgan fingerprint density at radius 1 is 0.944 bits per heavy atom. The predicted molar refractivity (Wildman–Crippen MR) is 147 cm³/mol. The number of hydrogen-bond donors (Lipinski definition) is 2. The molecule has 198 valence electrons. The first-order chi connectivity index (χ1) is 17.2. The van der Waals surface area contributed by atoms with Crippen LogP contribution in [0.5, 0.6) is 0 Å². The maximum absolute atomic E-state index is 12.9. The zero-order valence-corrected chi connectivity index (χ0v) is 22.9. The second-order valence-corrected chi connectivity index (χ2v) is 11.8. The number of nitrogens with one attached hydrogen (secondary N) is 2. The molecule has 4 rings (SSSR count). The van der Waals surface area contributed by atoms with Crippen molar-refractivity contribution in [3.05, 3.63) is 36.0 Å². The monoisotopic (exact) mass is 494 g/mol. The number of rotatable bonds is 8. The molecule has 1 aromatic heterocycles. The summed E-state index contributed by atoms with van der Waals surface area (Å²) in [6.07, 6.45) is 7.74. The molecule has 6 heteroatoms. The molecular formula is C30H46N4O2. The van der Waals surface area contributed by atoms with Gasteiger partial charge in [0.2, 0.25) is 11.8 Å². The summed E-state index contributed by atoms with van der Waals surface area (Å²) in [5.74, 6) is 1.45. The van der Waals surface area contributed by atoms with Gasteiger partial charge in [-0.3, -0.25) is 9.59 Å². The van der Waals surface area contributed by atoms with Crippen molar-refractivity contribution in [1.82, 2.24) is 20.1 Å². The highest BCUT2D eigenvalue weighted by Crippen LogP contribution is 2.36. The van der Waals surface area contributed by atoms with Gasteiger partial charge in [0.1, 0.15) is 6.04 Å². The summed E-state index contributed by atoms with van der Waals surface area (Å²) in [5, 5.41) is 7.14. The van der Waals surface area contributed by atoms with Crippen LogP contribution >= 0.6 is 0 Å². The molecule has 0 radical (unpaired) electrons. The van der Waals surface area contributed by atoms with Crippen LogP contribution in [0.4, 0.5) is 0 Å². The lowest BCUT2D eigenvalue weighted by atomic mass is 9.79. The highest BCUT2D eigenvalue weighted by atomic mass is 16.2. The normalized spacial score (nSPS) is 22.8. The lowest BCUT2D eigenvalue weighted by Gasteiger charge is -2.42. The number of carbonyl (C=O) groups excluding carboxylic acids is 2. The number of amides is 2. The molecule has 2 fully saturated rings. The molecular weight excluding hydrogens is 448 g/mol. The third-order valence-corrected chi connectivity index (χ3v) is 8.64. The largest absolute Gasteiger partial charge is 0.349 e. The lowest BCUT2D eigenvalue weighted by molar-refractivity contribution is -0.129. The fourth-order valence-electron chi connectivity index (χ4n) is 6.48. The molecule has 0 spiro atoms. The molecule has 1 saturated carbocycles. The molecule has 2 aromatic rings. The Hall–Kier alpha value is -2.34. The second kappa shape index (κ2) is 11.8. The van der Waals surface area contributed by atoms with E-state index in [1.807, 2.05) is 13.8 Å². The van der Waals surface area contributed by atoms with Gasteiger partial charge in [0.05, 0.1) is 6.54 Å². The lowest BCUT2D eigenvalue weighted by Crippen LogP contribution is -2.49. The van der Waals surface area contributed by atoms with Crippen molar-refractivity contribution in [2.75, 3.05) is 13.1 Å². The number of hydrogen-bond acceptors (Lipinski definition) is 3. The van der Waals surface area contributed by atoms with Crippen LogP contribution in [-0.4, -0.2) is 46.5 Å². The van der Waals surface area contributed by atoms with Crippen molar-refractivity contribution in [2.45, 2.75) is 97.8 Å². The van der Waals surface area contributed by atoms with Gasteiger partial charge < -0.3 is 20.1 Å². The van der Waals surface area contributed by atoms with Gasteiger partial charge in [-0.1, -0.05) is 45.9 Å². The zero-order chi connectivity index (χ0) is 25.8. The summed E-state index contributed by atoms with van der Waals surface area (Å²) in [6.45, 7) is 12.9. The first-order valence-electron chi connectivity index (χ1n) is 14.1. The van der Waals surface area contributed by atoms with Crippen LogP contribution in [-0.2, 0) is 16.1 Å². The maximum Gasteiger partial charge on any atom is 0.243 e. The molecule has 1 atom stereocenters. The highest BCUT2D eigenvalue weighted by molar-refractivity contribution is 5.87. The first-order valence-corrected chi connectivity index (χ1v) is 14.1. The number of piperidine rings is 1. The average molecular weight is 495 g/mol. The Bertz CT molecular complexity index is 1030. The maximum atomic E-state index is 12.9. The van der Waals surface area contributed by atoms with E-state index in [2.05, 4.69) is 64.3 Å². The van der Waals surface area contributed by atoms with Crippen LogP contribution in [0.25, 0.3) is 10.9 Å². The molecule has 1 aliphatic carbocycles. The highest BCUT2D eigenvalue weighted by Gasteiger charge is 2.31. The van der Waals surface area contributed by atoms with E-state index in [0.29, 0.717) is 12.6 Å². The molecule has 1 aliphatic heterocycles. The van der Waals surface area contributed by atoms with E-state index >= 15 is 0 Å². The molecule has 2 amide bonds. The summed E-state index contributed by atoms with van der Waals surface area (Å²) in [4.78, 5) is 27.3. The number of fused-ring (bicyclic) bond motifs is 1. The van der Waals surface area contributed by atoms with Crippen molar-refractivity contribution in [3.8, 4) is 0 Å². The fourth-order valence-corrected chi connectivity index (χ4v) is 6.48. The van der Waals surface area contributed by atoms with E-state index < -0.39 is 6.04 Å². The Balaban J connectivity index is 1.43. The summed E-state index contributed by atoms with van der Waals surface area (Å²) < 4.78 is 2.48. The smallest absolute Gasteiger partial charge is 0.243 e. The minimum absolute atomic E-state index is 0.0275. The summed E-state index contributed by atoms with van der Waals surface area (Å²) >= 11 is 0. The first kappa shape index (κ1) is 26.7. The molecule has 2 N–H and O–H groups in total. The Kier molecular flexibility index (Phi) is 8.76. The van der Waals surface area contributed by atoms with Crippen molar-refractivity contribution in [2.24, 2.45) is 17.8 Å². The summed E-state index contributed by atoms with van der Waals surface area (Å²) in [5.41, 5.74) is 2.39. The van der Waals surface area contributed by atoms with Gasteiger partial charge >= 0.3 is 0 Å². The van der Waals surface area contributed by atoms with E-state index in [9.17, 15) is 9.59 Å². The Labute approximate surface area is 217 Å². The van der Waals surface area contributed by atoms with Gasteiger partial charge in [0.25, 0.3) is 0 Å². The fraction of sp³-hybridized carbons (Fsp3) is 0.667. The third kappa shape index (κ3) is 6.13. The van der Waals surface area contributed by atoms with Gasteiger partial charge in [-0.05, 0) is 73.8 Å². The van der Waals surface area contributed by atoms with E-state index in [1.54, 1.807) is 0 Å². The van der Waals surface area contributed by atoms with Crippen LogP contribution in [0, 0.1) is 17.8 Å². The zero-order valence-electron chi connectivity index (χ0n) is 22.9. The van der Waals surface area contributed by atoms with Gasteiger partial charge in [-0.15, -0.1) is 0 Å². The van der Waals surface area contributed by atoms with E-state index in [1.165, 1.54) is 43.5 Å². The van der Waals surface area contributed by atoms with Crippen molar-refractivity contribution < 1.29 is 9.59 Å². The number of aromatic nitrogens is 1. The average Bonchev–Trinajstić information content (AvgIpc) is 3.24. The van der Waals surface area contributed by atoms with Crippen molar-refractivity contribution in [3.63, 3.8) is 0 Å². The molecule has 36 heavy (non-hydrogen) atoms. The topological polar surface area (TPSA) is 66.4 Å². The van der Waals surface area contributed by atoms with Crippen LogP contribution in [0.3, 0.4) is 0 Å². The van der Waals surface area contributed by atoms with Crippen molar-refractivity contribution >= 4 is 22.7 Å².